The normalized spacial score (nSPS) is 13.4. The van der Waals surface area contributed by atoms with Crippen LogP contribution in [0.3, 0.4) is 0 Å². The lowest BCUT2D eigenvalue weighted by molar-refractivity contribution is -0.870. The number of nitrogens with zero attached hydrogens (tertiary/aromatic N) is 1. The SMILES string of the molecule is CC/C=C\C/C=C\C/C=C\C/C=C\CCCCCCCCCCCCCCCCC(=O)OC(COC(=O)CCCCCCCCCCCCCCCCCCCCCCCCCCCCC/C=C\CCCCCCCCCC)COP(=O)(O)OCC[N+](C)(C)C. The molecular formula is C80H151NO8P+. The van der Waals surface area contributed by atoms with Gasteiger partial charge < -0.3 is 18.9 Å². The highest BCUT2D eigenvalue weighted by molar-refractivity contribution is 7.47. The van der Waals surface area contributed by atoms with Crippen molar-refractivity contribution in [3.63, 3.8) is 0 Å². The Hall–Kier alpha value is -2.29. The number of ether oxygens (including phenoxy) is 2. The molecule has 10 heteroatoms. The van der Waals surface area contributed by atoms with E-state index in [9.17, 15) is 19.0 Å². The molecular weight excluding hydrogens is 1130 g/mol. The Kier molecular flexibility index (Phi) is 69.2. The number of hydrogen-bond acceptors (Lipinski definition) is 7. The first kappa shape index (κ1) is 87.7. The summed E-state index contributed by atoms with van der Waals surface area (Å²) in [5.74, 6) is -0.779. The zero-order valence-corrected chi connectivity index (χ0v) is 61.3. The lowest BCUT2D eigenvalue weighted by atomic mass is 10.0. The summed E-state index contributed by atoms with van der Waals surface area (Å²) in [5.41, 5.74) is 0. The molecule has 0 aromatic rings. The molecule has 0 spiro atoms. The largest absolute Gasteiger partial charge is 0.472 e. The number of carbonyl (C=O) groups excluding carboxylic acids is 2. The minimum absolute atomic E-state index is 0.0326. The van der Waals surface area contributed by atoms with Crippen LogP contribution in [0.25, 0.3) is 0 Å². The van der Waals surface area contributed by atoms with E-state index in [1.54, 1.807) is 0 Å². The van der Waals surface area contributed by atoms with Gasteiger partial charge in [0.05, 0.1) is 27.7 Å². The number of allylic oxidation sites excluding steroid dienone is 10. The zero-order chi connectivity index (χ0) is 65.5. The Balaban J connectivity index is 3.90. The van der Waals surface area contributed by atoms with Crippen molar-refractivity contribution in [1.82, 2.24) is 0 Å². The van der Waals surface area contributed by atoms with Crippen molar-refractivity contribution in [2.75, 3.05) is 47.5 Å². The van der Waals surface area contributed by atoms with Crippen molar-refractivity contribution < 1.29 is 42.1 Å². The Labute approximate surface area is 559 Å². The molecule has 0 amide bonds. The number of esters is 2. The van der Waals surface area contributed by atoms with E-state index in [1.165, 1.54) is 295 Å². The van der Waals surface area contributed by atoms with Gasteiger partial charge in [-0.3, -0.25) is 18.6 Å². The molecule has 0 bridgehead atoms. The first-order chi connectivity index (χ1) is 44.0. The molecule has 0 saturated carbocycles. The summed E-state index contributed by atoms with van der Waals surface area (Å²) < 4.78 is 34.8. The van der Waals surface area contributed by atoms with Crippen LogP contribution in [-0.4, -0.2) is 74.9 Å². The predicted molar refractivity (Wildman–Crippen MR) is 390 cm³/mol. The summed E-state index contributed by atoms with van der Waals surface area (Å²) in [6, 6.07) is 0. The number of rotatable bonds is 73. The molecule has 0 radical (unpaired) electrons. The van der Waals surface area contributed by atoms with E-state index in [4.69, 9.17) is 18.5 Å². The van der Waals surface area contributed by atoms with E-state index < -0.39 is 26.5 Å². The van der Waals surface area contributed by atoms with E-state index in [2.05, 4.69) is 74.6 Å². The number of phosphoric ester groups is 1. The van der Waals surface area contributed by atoms with Crippen LogP contribution in [0.2, 0.25) is 0 Å². The second-order valence-electron chi connectivity index (χ2n) is 27.7. The van der Waals surface area contributed by atoms with Crippen molar-refractivity contribution >= 4 is 19.8 Å². The fourth-order valence-electron chi connectivity index (χ4n) is 11.6. The van der Waals surface area contributed by atoms with Gasteiger partial charge in [-0.25, -0.2) is 4.57 Å². The number of carbonyl (C=O) groups is 2. The lowest BCUT2D eigenvalue weighted by Gasteiger charge is -2.24. The van der Waals surface area contributed by atoms with Crippen LogP contribution in [0.1, 0.15) is 386 Å². The molecule has 0 aliphatic heterocycles. The molecule has 0 heterocycles. The summed E-state index contributed by atoms with van der Waals surface area (Å²) in [5, 5.41) is 0. The third-order valence-electron chi connectivity index (χ3n) is 17.5. The highest BCUT2D eigenvalue weighted by Gasteiger charge is 2.27. The summed E-state index contributed by atoms with van der Waals surface area (Å²) in [6.07, 6.45) is 95.1. The van der Waals surface area contributed by atoms with Crippen LogP contribution in [0.15, 0.2) is 60.8 Å². The van der Waals surface area contributed by atoms with Gasteiger partial charge in [0.15, 0.2) is 6.10 Å². The van der Waals surface area contributed by atoms with E-state index in [0.717, 1.165) is 57.8 Å². The Morgan fingerprint density at radius 2 is 0.633 bits per heavy atom. The maximum Gasteiger partial charge on any atom is 0.472 e. The molecule has 0 aliphatic carbocycles. The van der Waals surface area contributed by atoms with Crippen LogP contribution in [0.4, 0.5) is 0 Å². The number of phosphoric acid groups is 1. The number of hydrogen-bond donors (Lipinski definition) is 1. The third kappa shape index (κ3) is 74.7. The lowest BCUT2D eigenvalue weighted by Crippen LogP contribution is -2.37. The second kappa shape index (κ2) is 71.0. The fourth-order valence-corrected chi connectivity index (χ4v) is 12.3. The van der Waals surface area contributed by atoms with E-state index in [0.29, 0.717) is 23.9 Å². The molecule has 2 atom stereocenters. The summed E-state index contributed by atoms with van der Waals surface area (Å²) in [4.78, 5) is 35.9. The second-order valence-corrected chi connectivity index (χ2v) is 29.2. The standard InChI is InChI=1S/C80H150NO8P/c1-6-8-10-12-14-16-18-20-22-24-26-28-30-32-34-35-36-37-38-39-40-41-42-43-44-45-47-48-50-52-54-56-58-60-62-64-66-68-70-72-79(82)86-76-78(77-88-90(84,85)87-75-74-81(3,4)5)89-80(83)73-71-69-67-65-63-61-59-57-55-53-51-49-46-33-31-29-27-25-23-21-19-17-15-13-11-9-7-2/h9,11,15,17,21,23-24,26-27,29,78H,6-8,10,12-14,16,18-20,22,25,28,30-77H2,1-5H3/p+1/b11-9-,17-15-,23-21-,26-24-,29-27-. The Bertz CT molecular complexity index is 1700. The van der Waals surface area contributed by atoms with E-state index in [1.807, 2.05) is 21.1 Å². The number of unbranched alkanes of at least 4 members (excludes halogenated alkanes) is 49. The summed E-state index contributed by atoms with van der Waals surface area (Å²) in [7, 11) is 1.49. The molecule has 0 fully saturated rings. The van der Waals surface area contributed by atoms with Gasteiger partial charge in [-0.05, 0) is 77.0 Å². The van der Waals surface area contributed by atoms with Crippen molar-refractivity contribution in [2.45, 2.75) is 392 Å². The molecule has 9 nitrogen and oxygen atoms in total. The van der Waals surface area contributed by atoms with Crippen molar-refractivity contribution in [2.24, 2.45) is 0 Å². The maximum atomic E-state index is 12.9. The van der Waals surface area contributed by atoms with Crippen LogP contribution in [0.5, 0.6) is 0 Å². The number of likely N-dealkylation sites (N-methyl/N-ethyl adjacent to an activating group) is 1. The molecule has 90 heavy (non-hydrogen) atoms. The highest BCUT2D eigenvalue weighted by atomic mass is 31.2. The minimum Gasteiger partial charge on any atom is -0.462 e. The quantitative estimate of drug-likeness (QED) is 0.0211. The molecule has 528 valence electrons. The van der Waals surface area contributed by atoms with E-state index in [-0.39, 0.29) is 25.6 Å². The van der Waals surface area contributed by atoms with Gasteiger partial charge in [-0.2, -0.15) is 0 Å². The van der Waals surface area contributed by atoms with Crippen molar-refractivity contribution in [1.29, 1.82) is 0 Å². The van der Waals surface area contributed by atoms with Crippen LogP contribution < -0.4 is 0 Å². The molecule has 0 aromatic heterocycles. The average molecular weight is 1290 g/mol. The monoisotopic (exact) mass is 1290 g/mol. The molecule has 0 aliphatic rings. The molecule has 0 saturated heterocycles. The summed E-state index contributed by atoms with van der Waals surface area (Å²) >= 11 is 0. The minimum atomic E-state index is -4.39. The van der Waals surface area contributed by atoms with Gasteiger partial charge in [0.25, 0.3) is 0 Å². The van der Waals surface area contributed by atoms with Gasteiger partial charge in [-0.1, -0.05) is 357 Å². The highest BCUT2D eigenvalue weighted by Crippen LogP contribution is 2.43. The van der Waals surface area contributed by atoms with Gasteiger partial charge in [0.1, 0.15) is 19.8 Å². The fraction of sp³-hybridized carbons (Fsp3) is 0.850. The van der Waals surface area contributed by atoms with E-state index >= 15 is 0 Å². The Morgan fingerprint density at radius 3 is 0.956 bits per heavy atom. The van der Waals surface area contributed by atoms with Crippen molar-refractivity contribution in [3.05, 3.63) is 60.8 Å². The smallest absolute Gasteiger partial charge is 0.462 e. The zero-order valence-electron chi connectivity index (χ0n) is 60.4. The third-order valence-corrected chi connectivity index (χ3v) is 18.5. The van der Waals surface area contributed by atoms with Gasteiger partial charge in [0, 0.05) is 12.8 Å². The average Bonchev–Trinajstić information content (AvgIpc) is 3.61. The molecule has 1 N–H and O–H groups in total. The van der Waals surface area contributed by atoms with Gasteiger partial charge >= 0.3 is 19.8 Å². The topological polar surface area (TPSA) is 108 Å². The molecule has 2 unspecified atom stereocenters. The van der Waals surface area contributed by atoms with Crippen LogP contribution in [-0.2, 0) is 32.7 Å². The summed E-state index contributed by atoms with van der Waals surface area (Å²) in [6.45, 7) is 4.38. The number of quaternary nitrogens is 1. The van der Waals surface area contributed by atoms with Gasteiger partial charge in [0.2, 0.25) is 0 Å². The first-order valence-corrected chi connectivity index (χ1v) is 40.5. The van der Waals surface area contributed by atoms with Crippen molar-refractivity contribution in [3.8, 4) is 0 Å². The first-order valence-electron chi connectivity index (χ1n) is 39.0. The Morgan fingerprint density at radius 1 is 0.356 bits per heavy atom. The van der Waals surface area contributed by atoms with Crippen LogP contribution in [0, 0.1) is 0 Å². The molecule has 0 rings (SSSR count). The maximum absolute atomic E-state index is 12.9. The van der Waals surface area contributed by atoms with Gasteiger partial charge in [-0.15, -0.1) is 0 Å². The van der Waals surface area contributed by atoms with Crippen LogP contribution >= 0.6 is 7.82 Å². The predicted octanol–water partition coefficient (Wildman–Crippen LogP) is 25.7. The molecule has 0 aromatic carbocycles.